The Morgan fingerprint density at radius 1 is 1.22 bits per heavy atom. The van der Waals surface area contributed by atoms with E-state index in [1.54, 1.807) is 31.4 Å². The van der Waals surface area contributed by atoms with Gasteiger partial charge in [-0.2, -0.15) is 0 Å². The van der Waals surface area contributed by atoms with Gasteiger partial charge < -0.3 is 19.5 Å². The summed E-state index contributed by atoms with van der Waals surface area (Å²) in [6.07, 6.45) is 3.15. The van der Waals surface area contributed by atoms with Gasteiger partial charge in [0.15, 0.2) is 11.5 Å². The van der Waals surface area contributed by atoms with E-state index in [1.807, 2.05) is 18.2 Å². The highest BCUT2D eigenvalue weighted by Crippen LogP contribution is 2.34. The van der Waals surface area contributed by atoms with Crippen molar-refractivity contribution in [1.82, 2.24) is 0 Å². The molecule has 1 heterocycles. The van der Waals surface area contributed by atoms with Crippen LogP contribution >= 0.6 is 15.9 Å². The fourth-order valence-electron chi connectivity index (χ4n) is 2.16. The van der Waals surface area contributed by atoms with Crippen LogP contribution in [0, 0.1) is 0 Å². The first kappa shape index (κ1) is 15.4. The summed E-state index contributed by atoms with van der Waals surface area (Å²) in [5.74, 6) is 1.75. The molecule has 6 heteroatoms. The van der Waals surface area contributed by atoms with Crippen molar-refractivity contribution in [3.8, 4) is 17.2 Å². The van der Waals surface area contributed by atoms with Gasteiger partial charge in [-0.3, -0.25) is 4.79 Å². The zero-order valence-electron chi connectivity index (χ0n) is 12.3. The van der Waals surface area contributed by atoms with Crippen molar-refractivity contribution in [2.75, 3.05) is 19.2 Å². The van der Waals surface area contributed by atoms with Gasteiger partial charge in [0.1, 0.15) is 5.75 Å². The first-order valence-electron chi connectivity index (χ1n) is 6.88. The Labute approximate surface area is 142 Å². The van der Waals surface area contributed by atoms with Crippen LogP contribution in [0.25, 0.3) is 6.08 Å². The molecule has 0 spiro atoms. The van der Waals surface area contributed by atoms with Crippen LogP contribution in [0.15, 0.2) is 46.9 Å². The molecule has 1 aliphatic rings. The summed E-state index contributed by atoms with van der Waals surface area (Å²) in [7, 11) is 1.59. The second-order valence-corrected chi connectivity index (χ2v) is 5.69. The molecule has 0 aromatic heterocycles. The number of benzene rings is 2. The number of anilines is 1. The number of carbonyl (C=O) groups excluding carboxylic acids is 1. The molecule has 0 unspecified atom stereocenters. The van der Waals surface area contributed by atoms with Crippen molar-refractivity contribution in [1.29, 1.82) is 0 Å². The molecule has 5 nitrogen and oxygen atoms in total. The summed E-state index contributed by atoms with van der Waals surface area (Å²) < 4.78 is 16.7. The molecule has 2 aromatic rings. The largest absolute Gasteiger partial charge is 0.496 e. The fraction of sp³-hybridized carbons (Fsp3) is 0.118. The van der Waals surface area contributed by atoms with Gasteiger partial charge in [-0.1, -0.05) is 15.9 Å². The lowest BCUT2D eigenvalue weighted by Crippen LogP contribution is -2.07. The highest BCUT2D eigenvalue weighted by Gasteiger charge is 2.13. The molecule has 3 rings (SSSR count). The van der Waals surface area contributed by atoms with E-state index in [-0.39, 0.29) is 12.7 Å². The topological polar surface area (TPSA) is 56.8 Å². The Morgan fingerprint density at radius 3 is 2.87 bits per heavy atom. The third-order valence-electron chi connectivity index (χ3n) is 3.25. The van der Waals surface area contributed by atoms with Crippen molar-refractivity contribution in [2.24, 2.45) is 0 Å². The quantitative estimate of drug-likeness (QED) is 0.824. The first-order chi connectivity index (χ1) is 11.2. The number of ether oxygens (including phenoxy) is 3. The van der Waals surface area contributed by atoms with E-state index in [4.69, 9.17) is 14.2 Å². The van der Waals surface area contributed by atoms with Gasteiger partial charge in [0.25, 0.3) is 0 Å². The van der Waals surface area contributed by atoms with Gasteiger partial charge in [0.2, 0.25) is 12.7 Å². The van der Waals surface area contributed by atoms with Crippen LogP contribution in [-0.2, 0) is 4.79 Å². The molecule has 1 amide bonds. The number of hydrogen-bond donors (Lipinski definition) is 1. The number of amides is 1. The van der Waals surface area contributed by atoms with Crippen LogP contribution in [-0.4, -0.2) is 19.8 Å². The number of fused-ring (bicyclic) bond motifs is 1. The van der Waals surface area contributed by atoms with E-state index in [0.717, 1.165) is 10.0 Å². The van der Waals surface area contributed by atoms with E-state index in [9.17, 15) is 4.79 Å². The predicted octanol–water partition coefficient (Wildman–Crippen LogP) is 3.84. The van der Waals surface area contributed by atoms with Gasteiger partial charge in [-0.05, 0) is 36.4 Å². The van der Waals surface area contributed by atoms with Crippen molar-refractivity contribution in [3.05, 3.63) is 52.5 Å². The average Bonchev–Trinajstić information content (AvgIpc) is 3.00. The highest BCUT2D eigenvalue weighted by atomic mass is 79.9. The van der Waals surface area contributed by atoms with Crippen LogP contribution < -0.4 is 19.5 Å². The summed E-state index contributed by atoms with van der Waals surface area (Å²) >= 11 is 3.40. The molecule has 0 atom stereocenters. The Bertz CT molecular complexity index is 773. The number of rotatable bonds is 4. The Kier molecular flexibility index (Phi) is 4.52. The lowest BCUT2D eigenvalue weighted by molar-refractivity contribution is -0.111. The second-order valence-electron chi connectivity index (χ2n) is 4.78. The van der Waals surface area contributed by atoms with E-state index < -0.39 is 0 Å². The fourth-order valence-corrected chi connectivity index (χ4v) is 2.54. The average molecular weight is 376 g/mol. The third-order valence-corrected chi connectivity index (χ3v) is 3.74. The molecule has 0 saturated carbocycles. The zero-order valence-corrected chi connectivity index (χ0v) is 13.9. The lowest BCUT2D eigenvalue weighted by atomic mass is 10.2. The minimum absolute atomic E-state index is 0.204. The SMILES string of the molecule is COc1ccc(Br)cc1/C=C/C(=O)Nc1ccc2c(c1)OCO2. The summed E-state index contributed by atoms with van der Waals surface area (Å²) in [5, 5.41) is 2.78. The first-order valence-corrected chi connectivity index (χ1v) is 7.67. The van der Waals surface area contributed by atoms with Crippen LogP contribution in [0.1, 0.15) is 5.56 Å². The summed E-state index contributed by atoms with van der Waals surface area (Å²) in [5.41, 5.74) is 1.45. The molecule has 1 N–H and O–H groups in total. The van der Waals surface area contributed by atoms with E-state index >= 15 is 0 Å². The molecule has 0 saturated heterocycles. The molecule has 23 heavy (non-hydrogen) atoms. The van der Waals surface area contributed by atoms with Crippen molar-refractivity contribution in [3.63, 3.8) is 0 Å². The van der Waals surface area contributed by atoms with Gasteiger partial charge in [0, 0.05) is 27.9 Å². The summed E-state index contributed by atoms with van der Waals surface area (Å²) in [6.45, 7) is 0.204. The van der Waals surface area contributed by atoms with E-state index in [1.165, 1.54) is 6.08 Å². The highest BCUT2D eigenvalue weighted by molar-refractivity contribution is 9.10. The van der Waals surface area contributed by atoms with Crippen LogP contribution in [0.2, 0.25) is 0 Å². The Morgan fingerprint density at radius 2 is 2.04 bits per heavy atom. The van der Waals surface area contributed by atoms with E-state index in [0.29, 0.717) is 22.9 Å². The number of hydrogen-bond acceptors (Lipinski definition) is 4. The molecular weight excluding hydrogens is 362 g/mol. The maximum absolute atomic E-state index is 12.0. The minimum atomic E-state index is -0.245. The molecular formula is C17H14BrNO4. The molecule has 118 valence electrons. The monoisotopic (exact) mass is 375 g/mol. The van der Waals surface area contributed by atoms with Gasteiger partial charge in [-0.15, -0.1) is 0 Å². The standard InChI is InChI=1S/C17H14BrNO4/c1-21-14-5-3-12(18)8-11(14)2-7-17(20)19-13-4-6-15-16(9-13)23-10-22-15/h2-9H,10H2,1H3,(H,19,20)/b7-2+. The molecule has 0 aliphatic carbocycles. The number of halogens is 1. The molecule has 2 aromatic carbocycles. The second kappa shape index (κ2) is 6.75. The van der Waals surface area contributed by atoms with Crippen molar-refractivity contribution < 1.29 is 19.0 Å². The van der Waals surface area contributed by atoms with Gasteiger partial charge in [-0.25, -0.2) is 0 Å². The zero-order chi connectivity index (χ0) is 16.2. The maximum atomic E-state index is 12.0. The smallest absolute Gasteiger partial charge is 0.248 e. The molecule has 0 fully saturated rings. The maximum Gasteiger partial charge on any atom is 0.248 e. The lowest BCUT2D eigenvalue weighted by Gasteiger charge is -2.06. The summed E-state index contributed by atoms with van der Waals surface area (Å²) in [4.78, 5) is 12.0. The predicted molar refractivity (Wildman–Crippen MR) is 90.9 cm³/mol. The molecule has 0 radical (unpaired) electrons. The van der Waals surface area contributed by atoms with Gasteiger partial charge >= 0.3 is 0 Å². The number of methoxy groups -OCH3 is 1. The van der Waals surface area contributed by atoms with Gasteiger partial charge in [0.05, 0.1) is 7.11 Å². The molecule has 0 bridgehead atoms. The van der Waals surface area contributed by atoms with E-state index in [2.05, 4.69) is 21.2 Å². The minimum Gasteiger partial charge on any atom is -0.496 e. The number of nitrogens with one attached hydrogen (secondary N) is 1. The summed E-state index contributed by atoms with van der Waals surface area (Å²) in [6, 6.07) is 10.8. The van der Waals surface area contributed by atoms with Crippen LogP contribution in [0.3, 0.4) is 0 Å². The number of carbonyl (C=O) groups is 1. The normalized spacial score (nSPS) is 12.4. The molecule has 1 aliphatic heterocycles. The Balaban J connectivity index is 1.71. The van der Waals surface area contributed by atoms with Crippen LogP contribution in [0.4, 0.5) is 5.69 Å². The Hall–Kier alpha value is -2.47. The van der Waals surface area contributed by atoms with Crippen molar-refractivity contribution in [2.45, 2.75) is 0 Å². The van der Waals surface area contributed by atoms with Crippen LogP contribution in [0.5, 0.6) is 17.2 Å². The van der Waals surface area contributed by atoms with Crippen molar-refractivity contribution >= 4 is 33.6 Å². The third kappa shape index (κ3) is 3.65.